The zero-order valence-corrected chi connectivity index (χ0v) is 16.1. The molecule has 0 radical (unpaired) electrons. The number of hydrazine groups is 1. The maximum atomic E-state index is 4.31. The first-order chi connectivity index (χ1) is 12.0. The highest BCUT2D eigenvalue weighted by Gasteiger charge is 2.37. The SMILES string of the molecule is CN(Cc1ccccc1)c1ccc(N=NC2(Br)N=CN(C)N2C)cc1. The Labute approximate surface area is 156 Å². The van der Waals surface area contributed by atoms with Gasteiger partial charge in [0.2, 0.25) is 0 Å². The number of anilines is 1. The number of alkyl halides is 1. The van der Waals surface area contributed by atoms with Crippen LogP contribution in [0, 0.1) is 0 Å². The average molecular weight is 401 g/mol. The van der Waals surface area contributed by atoms with Crippen LogP contribution in [0.3, 0.4) is 0 Å². The summed E-state index contributed by atoms with van der Waals surface area (Å²) >= 11 is 3.50. The number of nitrogens with zero attached hydrogens (tertiary/aromatic N) is 6. The van der Waals surface area contributed by atoms with Crippen molar-refractivity contribution in [3.63, 3.8) is 0 Å². The summed E-state index contributed by atoms with van der Waals surface area (Å²) in [7, 11) is 5.87. The van der Waals surface area contributed by atoms with Gasteiger partial charge >= 0.3 is 4.70 Å². The number of benzene rings is 2. The second kappa shape index (κ2) is 7.33. The molecule has 1 unspecified atom stereocenters. The molecule has 0 amide bonds. The molecule has 25 heavy (non-hydrogen) atoms. The van der Waals surface area contributed by atoms with Crippen LogP contribution < -0.4 is 4.90 Å². The fourth-order valence-electron chi connectivity index (χ4n) is 2.45. The van der Waals surface area contributed by atoms with E-state index in [0.29, 0.717) is 0 Å². The van der Waals surface area contributed by atoms with Crippen molar-refractivity contribution in [2.24, 2.45) is 15.2 Å². The predicted octanol–water partition coefficient (Wildman–Crippen LogP) is 4.23. The summed E-state index contributed by atoms with van der Waals surface area (Å²) < 4.78 is -0.871. The zero-order chi connectivity index (χ0) is 17.9. The molecule has 2 aromatic rings. The molecule has 130 valence electrons. The first kappa shape index (κ1) is 17.6. The molecule has 1 atom stereocenters. The molecule has 0 aliphatic carbocycles. The van der Waals surface area contributed by atoms with Crippen LogP contribution in [-0.4, -0.2) is 42.2 Å². The zero-order valence-electron chi connectivity index (χ0n) is 14.5. The van der Waals surface area contributed by atoms with Crippen molar-refractivity contribution < 1.29 is 0 Å². The third-order valence-corrected chi connectivity index (χ3v) is 5.00. The lowest BCUT2D eigenvalue weighted by Gasteiger charge is -2.26. The Hall–Kier alpha value is -2.25. The van der Waals surface area contributed by atoms with E-state index in [9.17, 15) is 0 Å². The molecule has 0 saturated heterocycles. The van der Waals surface area contributed by atoms with Crippen LogP contribution in [0.15, 0.2) is 69.8 Å². The van der Waals surface area contributed by atoms with E-state index in [0.717, 1.165) is 17.9 Å². The van der Waals surface area contributed by atoms with E-state index in [1.165, 1.54) is 5.56 Å². The Morgan fingerprint density at radius 2 is 1.76 bits per heavy atom. The van der Waals surface area contributed by atoms with Gasteiger partial charge < -0.3 is 4.90 Å². The van der Waals surface area contributed by atoms with Gasteiger partial charge in [-0.3, -0.25) is 5.01 Å². The summed E-state index contributed by atoms with van der Waals surface area (Å²) in [6, 6.07) is 18.4. The Kier molecular flexibility index (Phi) is 5.15. The average Bonchev–Trinajstić information content (AvgIpc) is 2.89. The van der Waals surface area contributed by atoms with Crippen LogP contribution in [-0.2, 0) is 6.54 Å². The van der Waals surface area contributed by atoms with Crippen LogP contribution in [0.5, 0.6) is 0 Å². The van der Waals surface area contributed by atoms with Crippen LogP contribution in [0.1, 0.15) is 5.56 Å². The molecule has 0 N–H and O–H groups in total. The molecule has 0 saturated carbocycles. The van der Waals surface area contributed by atoms with Crippen molar-refractivity contribution >= 4 is 33.6 Å². The lowest BCUT2D eigenvalue weighted by molar-refractivity contribution is 0.0721. The van der Waals surface area contributed by atoms with E-state index in [1.807, 2.05) is 54.4 Å². The molecule has 7 heteroatoms. The molecular weight excluding hydrogens is 380 g/mol. The smallest absolute Gasteiger partial charge is 0.301 e. The van der Waals surface area contributed by atoms with Crippen molar-refractivity contribution in [2.75, 3.05) is 26.0 Å². The maximum absolute atomic E-state index is 4.31. The second-order valence-corrected chi connectivity index (χ2v) is 7.02. The molecule has 0 aromatic heterocycles. The molecular formula is C18H21BrN6. The van der Waals surface area contributed by atoms with Gasteiger partial charge in [0.1, 0.15) is 6.34 Å². The third-order valence-electron chi connectivity index (χ3n) is 4.12. The monoisotopic (exact) mass is 400 g/mol. The highest BCUT2D eigenvalue weighted by Crippen LogP contribution is 2.32. The van der Waals surface area contributed by atoms with Gasteiger partial charge in [-0.25, -0.2) is 4.99 Å². The molecule has 1 aliphatic heterocycles. The lowest BCUT2D eigenvalue weighted by Crippen LogP contribution is -2.41. The van der Waals surface area contributed by atoms with Gasteiger partial charge in [-0.05, 0) is 45.8 Å². The topological polar surface area (TPSA) is 46.8 Å². The fraction of sp³-hybridized carbons (Fsp3) is 0.278. The minimum absolute atomic E-state index is 0.786. The highest BCUT2D eigenvalue weighted by molar-refractivity contribution is 9.10. The van der Waals surface area contributed by atoms with Gasteiger partial charge in [-0.15, -0.1) is 5.11 Å². The quantitative estimate of drug-likeness (QED) is 0.428. The molecule has 0 fully saturated rings. The summed E-state index contributed by atoms with van der Waals surface area (Å²) in [5.41, 5.74) is 3.20. The predicted molar refractivity (Wildman–Crippen MR) is 105 cm³/mol. The fourth-order valence-corrected chi connectivity index (χ4v) is 2.87. The highest BCUT2D eigenvalue weighted by atomic mass is 79.9. The van der Waals surface area contributed by atoms with Gasteiger partial charge in [0.25, 0.3) is 0 Å². The number of azo groups is 1. The van der Waals surface area contributed by atoms with Gasteiger partial charge in [0.15, 0.2) is 0 Å². The molecule has 1 aliphatic rings. The summed E-state index contributed by atoms with van der Waals surface area (Å²) in [6.45, 7) is 0.859. The Bertz CT molecular complexity index is 761. The second-order valence-electron chi connectivity index (χ2n) is 5.95. The van der Waals surface area contributed by atoms with E-state index < -0.39 is 4.70 Å². The normalized spacial score (nSPS) is 20.6. The molecule has 1 heterocycles. The van der Waals surface area contributed by atoms with E-state index in [-0.39, 0.29) is 0 Å². The van der Waals surface area contributed by atoms with Crippen LogP contribution in [0.4, 0.5) is 11.4 Å². The first-order valence-corrected chi connectivity index (χ1v) is 8.76. The molecule has 0 bridgehead atoms. The van der Waals surface area contributed by atoms with E-state index >= 15 is 0 Å². The molecule has 2 aromatic carbocycles. The van der Waals surface area contributed by atoms with Crippen LogP contribution >= 0.6 is 15.9 Å². The van der Waals surface area contributed by atoms with Gasteiger partial charge in [0.05, 0.1) is 5.69 Å². The number of halogens is 1. The standard InChI is InChI=1S/C18H21BrN6/c1-23(13-15-7-5-4-6-8-15)17-11-9-16(10-12-17)21-22-18(19)20-14-24(2)25(18)3/h4-12,14H,13H2,1-3H3. The summed E-state index contributed by atoms with van der Waals surface area (Å²) in [5, 5.41) is 12.3. The third kappa shape index (κ3) is 4.05. The first-order valence-electron chi connectivity index (χ1n) is 7.97. The number of hydrogen-bond acceptors (Lipinski definition) is 6. The van der Waals surface area contributed by atoms with Crippen molar-refractivity contribution in [1.82, 2.24) is 10.0 Å². The van der Waals surface area contributed by atoms with E-state index in [1.54, 1.807) is 6.34 Å². The van der Waals surface area contributed by atoms with Crippen molar-refractivity contribution in [2.45, 2.75) is 11.2 Å². The molecule has 0 spiro atoms. The molecule has 3 rings (SSSR count). The lowest BCUT2D eigenvalue weighted by atomic mass is 10.2. The van der Waals surface area contributed by atoms with E-state index in [4.69, 9.17) is 0 Å². The number of rotatable bonds is 5. The van der Waals surface area contributed by atoms with Gasteiger partial charge in [-0.1, -0.05) is 30.3 Å². The van der Waals surface area contributed by atoms with Crippen molar-refractivity contribution in [3.8, 4) is 0 Å². The molecule has 6 nitrogen and oxygen atoms in total. The Balaban J connectivity index is 1.66. The summed E-state index contributed by atoms with van der Waals surface area (Å²) in [6.07, 6.45) is 1.70. The minimum atomic E-state index is -0.871. The van der Waals surface area contributed by atoms with Crippen LogP contribution in [0.25, 0.3) is 0 Å². The van der Waals surface area contributed by atoms with Crippen molar-refractivity contribution in [3.05, 3.63) is 60.2 Å². The van der Waals surface area contributed by atoms with Gasteiger partial charge in [0, 0.05) is 33.4 Å². The Morgan fingerprint density at radius 3 is 2.36 bits per heavy atom. The summed E-state index contributed by atoms with van der Waals surface area (Å²) in [5.74, 6) is 0. The Morgan fingerprint density at radius 1 is 1.08 bits per heavy atom. The van der Waals surface area contributed by atoms with Crippen LogP contribution in [0.2, 0.25) is 0 Å². The van der Waals surface area contributed by atoms with Crippen molar-refractivity contribution in [1.29, 1.82) is 0 Å². The largest absolute Gasteiger partial charge is 0.370 e. The maximum Gasteiger partial charge on any atom is 0.301 e. The van der Waals surface area contributed by atoms with Gasteiger partial charge in [-0.2, -0.15) is 10.1 Å². The van der Waals surface area contributed by atoms with E-state index in [2.05, 4.69) is 67.4 Å². The number of hydrogen-bond donors (Lipinski definition) is 0. The minimum Gasteiger partial charge on any atom is -0.370 e. The number of aliphatic imine (C=N–C) groups is 1. The summed E-state index contributed by atoms with van der Waals surface area (Å²) in [4.78, 5) is 6.51.